The van der Waals surface area contributed by atoms with Gasteiger partial charge in [-0.1, -0.05) is 28.1 Å². The van der Waals surface area contributed by atoms with E-state index >= 15 is 0 Å². The highest BCUT2D eigenvalue weighted by molar-refractivity contribution is 9.10. The van der Waals surface area contributed by atoms with Crippen LogP contribution in [0.25, 0.3) is 0 Å². The van der Waals surface area contributed by atoms with Crippen molar-refractivity contribution in [1.82, 2.24) is 4.98 Å². The number of aromatic nitrogens is 1. The van der Waals surface area contributed by atoms with E-state index in [1.165, 1.54) is 23.5 Å². The second kappa shape index (κ2) is 8.96. The van der Waals surface area contributed by atoms with Gasteiger partial charge in [0.2, 0.25) is 0 Å². The molecule has 1 aromatic heterocycles. The van der Waals surface area contributed by atoms with Crippen molar-refractivity contribution in [1.29, 1.82) is 0 Å². The molecule has 0 saturated heterocycles. The van der Waals surface area contributed by atoms with Crippen LogP contribution in [0.3, 0.4) is 0 Å². The van der Waals surface area contributed by atoms with Gasteiger partial charge in [0.15, 0.2) is 23.3 Å². The molecule has 1 amide bonds. The van der Waals surface area contributed by atoms with Gasteiger partial charge in [-0.05, 0) is 35.9 Å². The highest BCUT2D eigenvalue weighted by Crippen LogP contribution is 2.24. The first-order valence-electron chi connectivity index (χ1n) is 7.99. The lowest BCUT2D eigenvalue weighted by Gasteiger charge is -2.07. The highest BCUT2D eigenvalue weighted by Gasteiger charge is 2.10. The van der Waals surface area contributed by atoms with Gasteiger partial charge >= 0.3 is 0 Å². The second-order valence-corrected chi connectivity index (χ2v) is 7.60. The average molecular weight is 451 g/mol. The molecule has 1 N–H and O–H groups in total. The van der Waals surface area contributed by atoms with E-state index in [1.807, 2.05) is 24.3 Å². The zero-order valence-corrected chi connectivity index (χ0v) is 16.8. The highest BCUT2D eigenvalue weighted by atomic mass is 79.9. The number of ether oxygens (including phenoxy) is 2. The molecule has 8 heteroatoms. The van der Waals surface area contributed by atoms with E-state index in [9.17, 15) is 9.18 Å². The number of anilines is 1. The summed E-state index contributed by atoms with van der Waals surface area (Å²) >= 11 is 4.54. The third kappa shape index (κ3) is 5.51. The van der Waals surface area contributed by atoms with Gasteiger partial charge in [0.25, 0.3) is 5.91 Å². The number of rotatable bonds is 7. The number of nitrogens with zero attached hydrogens (tertiary/aromatic N) is 1. The first-order valence-corrected chi connectivity index (χ1v) is 9.60. The van der Waals surface area contributed by atoms with Crippen molar-refractivity contribution in [2.24, 2.45) is 0 Å². The van der Waals surface area contributed by atoms with Crippen LogP contribution in [0.1, 0.15) is 10.4 Å². The Morgan fingerprint density at radius 2 is 2.15 bits per heavy atom. The van der Waals surface area contributed by atoms with Crippen LogP contribution in [0.4, 0.5) is 9.52 Å². The van der Waals surface area contributed by atoms with Gasteiger partial charge in [0.05, 0.1) is 7.11 Å². The van der Waals surface area contributed by atoms with Crippen molar-refractivity contribution in [2.45, 2.75) is 6.42 Å². The monoisotopic (exact) mass is 450 g/mol. The SMILES string of the molecule is COc1cccc(Cc2cnc(NC(=O)COc3ccc(Br)cc3F)s2)c1. The number of nitrogens with one attached hydrogen (secondary N) is 1. The molecule has 2 aromatic carbocycles. The van der Waals surface area contributed by atoms with E-state index < -0.39 is 11.7 Å². The number of hydrogen-bond donors (Lipinski definition) is 1. The van der Waals surface area contributed by atoms with Crippen molar-refractivity contribution in [3.8, 4) is 11.5 Å². The summed E-state index contributed by atoms with van der Waals surface area (Å²) in [5.41, 5.74) is 1.09. The van der Waals surface area contributed by atoms with Crippen LogP contribution >= 0.6 is 27.3 Å². The van der Waals surface area contributed by atoms with E-state index in [0.717, 1.165) is 16.2 Å². The summed E-state index contributed by atoms with van der Waals surface area (Å²) in [5, 5.41) is 3.13. The van der Waals surface area contributed by atoms with Crippen molar-refractivity contribution in [2.75, 3.05) is 19.0 Å². The Labute approximate surface area is 168 Å². The van der Waals surface area contributed by atoms with Crippen molar-refractivity contribution < 1.29 is 18.7 Å². The van der Waals surface area contributed by atoms with Crippen LogP contribution < -0.4 is 14.8 Å². The summed E-state index contributed by atoms with van der Waals surface area (Å²) in [6.45, 7) is -0.302. The quantitative estimate of drug-likeness (QED) is 0.568. The van der Waals surface area contributed by atoms with Crippen LogP contribution in [-0.2, 0) is 11.2 Å². The van der Waals surface area contributed by atoms with Gasteiger partial charge in [0, 0.05) is 22.0 Å². The fourth-order valence-electron chi connectivity index (χ4n) is 2.32. The number of hydrogen-bond acceptors (Lipinski definition) is 5. The van der Waals surface area contributed by atoms with Gasteiger partial charge in [-0.2, -0.15) is 0 Å². The molecule has 0 aliphatic carbocycles. The van der Waals surface area contributed by atoms with Crippen LogP contribution in [0.2, 0.25) is 0 Å². The lowest BCUT2D eigenvalue weighted by Crippen LogP contribution is -2.20. The lowest BCUT2D eigenvalue weighted by molar-refractivity contribution is -0.118. The maximum absolute atomic E-state index is 13.7. The van der Waals surface area contributed by atoms with Gasteiger partial charge in [-0.25, -0.2) is 9.37 Å². The predicted octanol–water partition coefficient (Wildman–Crippen LogP) is 4.66. The van der Waals surface area contributed by atoms with Crippen LogP contribution in [0, 0.1) is 5.82 Å². The molecule has 0 fully saturated rings. The molecule has 0 aliphatic rings. The van der Waals surface area contributed by atoms with Crippen molar-refractivity contribution in [3.63, 3.8) is 0 Å². The molecule has 3 rings (SSSR count). The Morgan fingerprint density at radius 1 is 1.30 bits per heavy atom. The Hall–Kier alpha value is -2.45. The molecule has 3 aromatic rings. The first-order chi connectivity index (χ1) is 13.0. The summed E-state index contributed by atoms with van der Waals surface area (Å²) in [4.78, 5) is 17.2. The van der Waals surface area contributed by atoms with Gasteiger partial charge in [0.1, 0.15) is 5.75 Å². The number of halogens is 2. The molecule has 0 bridgehead atoms. The minimum atomic E-state index is -0.535. The Bertz CT molecular complexity index is 948. The topological polar surface area (TPSA) is 60.5 Å². The molecular formula is C19H16BrFN2O3S. The van der Waals surface area contributed by atoms with Crippen molar-refractivity contribution in [3.05, 3.63) is 69.4 Å². The van der Waals surface area contributed by atoms with Crippen molar-refractivity contribution >= 4 is 38.3 Å². The maximum Gasteiger partial charge on any atom is 0.264 e. The molecule has 5 nitrogen and oxygen atoms in total. The normalized spacial score (nSPS) is 10.5. The molecule has 0 spiro atoms. The minimum Gasteiger partial charge on any atom is -0.497 e. The van der Waals surface area contributed by atoms with Crippen LogP contribution in [0.15, 0.2) is 53.1 Å². The van der Waals surface area contributed by atoms with E-state index in [0.29, 0.717) is 16.0 Å². The van der Waals surface area contributed by atoms with E-state index in [1.54, 1.807) is 19.4 Å². The number of carbonyl (C=O) groups excluding carboxylic acids is 1. The first kappa shape index (κ1) is 19.3. The number of thiazole rings is 1. The lowest BCUT2D eigenvalue weighted by atomic mass is 10.1. The zero-order chi connectivity index (χ0) is 19.2. The smallest absolute Gasteiger partial charge is 0.264 e. The largest absolute Gasteiger partial charge is 0.497 e. The Morgan fingerprint density at radius 3 is 2.93 bits per heavy atom. The maximum atomic E-state index is 13.7. The number of methoxy groups -OCH3 is 1. The molecule has 1 heterocycles. The molecule has 0 saturated carbocycles. The molecule has 0 aliphatic heterocycles. The predicted molar refractivity (Wildman–Crippen MR) is 106 cm³/mol. The van der Waals surface area contributed by atoms with Gasteiger partial charge < -0.3 is 9.47 Å². The number of carbonyl (C=O) groups is 1. The summed E-state index contributed by atoms with van der Waals surface area (Å²) < 4.78 is 24.7. The van der Waals surface area contributed by atoms with Gasteiger partial charge in [-0.3, -0.25) is 10.1 Å². The third-order valence-electron chi connectivity index (χ3n) is 3.57. The number of amides is 1. The molecule has 0 atom stereocenters. The minimum absolute atomic E-state index is 0.0196. The standard InChI is InChI=1S/C19H16BrFN2O3S/c1-25-14-4-2-3-12(7-14)8-15-10-22-19(27-15)23-18(24)11-26-17-6-5-13(20)9-16(17)21/h2-7,9-10H,8,11H2,1H3,(H,22,23,24). The summed E-state index contributed by atoms with van der Waals surface area (Å²) in [6, 6.07) is 12.1. The summed E-state index contributed by atoms with van der Waals surface area (Å²) in [5.74, 6) is -0.124. The Balaban J connectivity index is 1.54. The number of benzene rings is 2. The molecular weight excluding hydrogens is 435 g/mol. The molecule has 0 radical (unpaired) electrons. The Kier molecular flexibility index (Phi) is 6.41. The second-order valence-electron chi connectivity index (χ2n) is 5.57. The fourth-order valence-corrected chi connectivity index (χ4v) is 3.52. The van der Waals surface area contributed by atoms with E-state index in [4.69, 9.17) is 9.47 Å². The van der Waals surface area contributed by atoms with Crippen LogP contribution in [-0.4, -0.2) is 24.6 Å². The summed E-state index contributed by atoms with van der Waals surface area (Å²) in [6.07, 6.45) is 2.40. The third-order valence-corrected chi connectivity index (χ3v) is 4.97. The van der Waals surface area contributed by atoms with Crippen LogP contribution in [0.5, 0.6) is 11.5 Å². The van der Waals surface area contributed by atoms with Gasteiger partial charge in [-0.15, -0.1) is 11.3 Å². The summed E-state index contributed by atoms with van der Waals surface area (Å²) in [7, 11) is 1.63. The zero-order valence-electron chi connectivity index (χ0n) is 14.4. The fraction of sp³-hybridized carbons (Fsp3) is 0.158. The molecule has 0 unspecified atom stereocenters. The molecule has 27 heavy (non-hydrogen) atoms. The van der Waals surface area contributed by atoms with E-state index in [2.05, 4.69) is 26.2 Å². The van der Waals surface area contributed by atoms with E-state index in [-0.39, 0.29) is 12.4 Å². The average Bonchev–Trinajstić information content (AvgIpc) is 3.08. The molecule has 140 valence electrons.